The molecule has 4 nitrogen and oxygen atoms in total. The highest BCUT2D eigenvalue weighted by Crippen LogP contribution is 2.28. The maximum absolute atomic E-state index is 4.47. The standard InChI is InChI=1S/C21H25BrN4S/c1-4-25(5-2)19-13-9-17(10-14-19)20-23-24-21(26(20)6-3)27-15-16-7-11-18(22)12-8-16/h7-14H,4-6,15H2,1-3H3. The zero-order chi connectivity index (χ0) is 19.2. The van der Waals surface area contributed by atoms with E-state index in [1.165, 1.54) is 11.3 Å². The summed E-state index contributed by atoms with van der Waals surface area (Å²) in [6, 6.07) is 17.1. The molecule has 1 heterocycles. The highest BCUT2D eigenvalue weighted by atomic mass is 79.9. The topological polar surface area (TPSA) is 34.0 Å². The lowest BCUT2D eigenvalue weighted by atomic mass is 10.2. The van der Waals surface area contributed by atoms with Crippen LogP contribution in [0.25, 0.3) is 11.4 Å². The van der Waals surface area contributed by atoms with E-state index < -0.39 is 0 Å². The first-order valence-electron chi connectivity index (χ1n) is 9.32. The quantitative estimate of drug-likeness (QED) is 0.407. The van der Waals surface area contributed by atoms with Crippen LogP contribution in [0.3, 0.4) is 0 Å². The van der Waals surface area contributed by atoms with Crippen molar-refractivity contribution in [1.82, 2.24) is 14.8 Å². The van der Waals surface area contributed by atoms with Gasteiger partial charge in [0.2, 0.25) is 0 Å². The summed E-state index contributed by atoms with van der Waals surface area (Å²) in [6.07, 6.45) is 0. The summed E-state index contributed by atoms with van der Waals surface area (Å²) >= 11 is 5.21. The number of thioether (sulfide) groups is 1. The summed E-state index contributed by atoms with van der Waals surface area (Å²) in [4.78, 5) is 2.34. The summed E-state index contributed by atoms with van der Waals surface area (Å²) in [5.41, 5.74) is 3.63. The number of hydrogen-bond donors (Lipinski definition) is 0. The molecular formula is C21H25BrN4S. The second-order valence-corrected chi connectivity index (χ2v) is 8.04. The third kappa shape index (κ3) is 4.74. The minimum absolute atomic E-state index is 0.850. The molecule has 0 N–H and O–H groups in total. The van der Waals surface area contributed by atoms with Gasteiger partial charge in [-0.15, -0.1) is 10.2 Å². The number of nitrogens with zero attached hydrogens (tertiary/aromatic N) is 4. The van der Waals surface area contributed by atoms with Gasteiger partial charge in [-0.1, -0.05) is 39.8 Å². The van der Waals surface area contributed by atoms with Crippen molar-refractivity contribution < 1.29 is 0 Å². The second kappa shape index (κ2) is 9.42. The fourth-order valence-electron chi connectivity index (χ4n) is 3.03. The summed E-state index contributed by atoms with van der Waals surface area (Å²) in [5, 5.41) is 9.87. The van der Waals surface area contributed by atoms with E-state index in [0.29, 0.717) is 0 Å². The molecule has 142 valence electrons. The molecule has 0 spiro atoms. The van der Waals surface area contributed by atoms with Gasteiger partial charge in [0.1, 0.15) is 0 Å². The second-order valence-electron chi connectivity index (χ2n) is 6.18. The van der Waals surface area contributed by atoms with Gasteiger partial charge >= 0.3 is 0 Å². The van der Waals surface area contributed by atoms with Gasteiger partial charge in [-0.05, 0) is 62.7 Å². The molecule has 0 aliphatic heterocycles. The molecule has 0 saturated heterocycles. The van der Waals surface area contributed by atoms with E-state index in [1.807, 2.05) is 0 Å². The van der Waals surface area contributed by atoms with E-state index in [9.17, 15) is 0 Å². The summed E-state index contributed by atoms with van der Waals surface area (Å²) in [6.45, 7) is 9.37. The van der Waals surface area contributed by atoms with Gasteiger partial charge < -0.3 is 9.47 Å². The molecule has 6 heteroatoms. The van der Waals surface area contributed by atoms with Gasteiger partial charge in [-0.3, -0.25) is 0 Å². The summed E-state index contributed by atoms with van der Waals surface area (Å²) in [5.74, 6) is 1.81. The van der Waals surface area contributed by atoms with Crippen LogP contribution in [0.1, 0.15) is 26.3 Å². The Morgan fingerprint density at radius 1 is 0.926 bits per heavy atom. The van der Waals surface area contributed by atoms with Crippen LogP contribution in [0, 0.1) is 0 Å². The van der Waals surface area contributed by atoms with Crippen LogP contribution >= 0.6 is 27.7 Å². The smallest absolute Gasteiger partial charge is 0.191 e. The maximum atomic E-state index is 4.47. The van der Waals surface area contributed by atoms with Crippen molar-refractivity contribution in [3.63, 3.8) is 0 Å². The first-order chi connectivity index (χ1) is 13.2. The van der Waals surface area contributed by atoms with Gasteiger partial charge in [-0.2, -0.15) is 0 Å². The van der Waals surface area contributed by atoms with E-state index in [0.717, 1.165) is 46.4 Å². The molecule has 27 heavy (non-hydrogen) atoms. The molecule has 0 aliphatic carbocycles. The minimum atomic E-state index is 0.850. The third-order valence-corrected chi connectivity index (χ3v) is 6.13. The lowest BCUT2D eigenvalue weighted by Gasteiger charge is -2.21. The van der Waals surface area contributed by atoms with Crippen LogP contribution in [0.2, 0.25) is 0 Å². The molecule has 2 aromatic carbocycles. The Morgan fingerprint density at radius 2 is 1.59 bits per heavy atom. The van der Waals surface area contributed by atoms with E-state index in [1.54, 1.807) is 11.8 Å². The monoisotopic (exact) mass is 444 g/mol. The lowest BCUT2D eigenvalue weighted by Crippen LogP contribution is -2.21. The van der Waals surface area contributed by atoms with Crippen LogP contribution < -0.4 is 4.90 Å². The van der Waals surface area contributed by atoms with Crippen molar-refractivity contribution in [3.8, 4) is 11.4 Å². The van der Waals surface area contributed by atoms with Gasteiger partial charge in [0.25, 0.3) is 0 Å². The Kier molecular flexibility index (Phi) is 6.96. The molecule has 0 fully saturated rings. The van der Waals surface area contributed by atoms with Crippen molar-refractivity contribution in [1.29, 1.82) is 0 Å². The zero-order valence-electron chi connectivity index (χ0n) is 16.0. The van der Waals surface area contributed by atoms with E-state index >= 15 is 0 Å². The minimum Gasteiger partial charge on any atom is -0.372 e. The predicted molar refractivity (Wildman–Crippen MR) is 118 cm³/mol. The Morgan fingerprint density at radius 3 is 2.19 bits per heavy atom. The van der Waals surface area contributed by atoms with Crippen molar-refractivity contribution >= 4 is 33.4 Å². The predicted octanol–water partition coefficient (Wildman–Crippen LogP) is 5.87. The fraction of sp³-hybridized carbons (Fsp3) is 0.333. The molecule has 0 unspecified atom stereocenters. The molecule has 0 aliphatic rings. The Bertz CT molecular complexity index is 855. The number of rotatable bonds is 8. The van der Waals surface area contributed by atoms with Crippen LogP contribution in [-0.2, 0) is 12.3 Å². The SMILES string of the molecule is CCN(CC)c1ccc(-c2nnc(SCc3ccc(Br)cc3)n2CC)cc1. The first kappa shape index (κ1) is 20.0. The van der Waals surface area contributed by atoms with Crippen LogP contribution in [0.15, 0.2) is 58.2 Å². The highest BCUT2D eigenvalue weighted by molar-refractivity contribution is 9.10. The zero-order valence-corrected chi connectivity index (χ0v) is 18.4. The van der Waals surface area contributed by atoms with Gasteiger partial charge in [0, 0.05) is 41.1 Å². The molecule has 1 aromatic heterocycles. The van der Waals surface area contributed by atoms with Crippen molar-refractivity contribution in [2.75, 3.05) is 18.0 Å². The van der Waals surface area contributed by atoms with Crippen molar-refractivity contribution in [2.24, 2.45) is 0 Å². The molecule has 0 amide bonds. The molecule has 0 atom stereocenters. The Labute approximate surface area is 174 Å². The van der Waals surface area contributed by atoms with Gasteiger partial charge in [0.05, 0.1) is 0 Å². The molecule has 0 saturated carbocycles. The molecule has 3 aromatic rings. The summed E-state index contributed by atoms with van der Waals surface area (Å²) in [7, 11) is 0. The highest BCUT2D eigenvalue weighted by Gasteiger charge is 2.14. The van der Waals surface area contributed by atoms with E-state index in [4.69, 9.17) is 0 Å². The van der Waals surface area contributed by atoms with Crippen molar-refractivity contribution in [3.05, 3.63) is 58.6 Å². The van der Waals surface area contributed by atoms with Crippen LogP contribution in [0.4, 0.5) is 5.69 Å². The molecular weight excluding hydrogens is 420 g/mol. The fourth-order valence-corrected chi connectivity index (χ4v) is 4.26. The molecule has 0 radical (unpaired) electrons. The number of aromatic nitrogens is 3. The average molecular weight is 445 g/mol. The van der Waals surface area contributed by atoms with Crippen LogP contribution in [0.5, 0.6) is 0 Å². The Balaban J connectivity index is 1.78. The number of benzene rings is 2. The average Bonchev–Trinajstić information content (AvgIpc) is 3.12. The summed E-state index contributed by atoms with van der Waals surface area (Å²) < 4.78 is 3.29. The van der Waals surface area contributed by atoms with E-state index in [-0.39, 0.29) is 0 Å². The first-order valence-corrected chi connectivity index (χ1v) is 11.1. The number of halogens is 1. The largest absolute Gasteiger partial charge is 0.372 e. The lowest BCUT2D eigenvalue weighted by molar-refractivity contribution is 0.687. The van der Waals surface area contributed by atoms with Crippen LogP contribution in [-0.4, -0.2) is 27.9 Å². The van der Waals surface area contributed by atoms with Gasteiger partial charge in [-0.25, -0.2) is 0 Å². The van der Waals surface area contributed by atoms with Gasteiger partial charge in [0.15, 0.2) is 11.0 Å². The van der Waals surface area contributed by atoms with E-state index in [2.05, 4.69) is 105 Å². The molecule has 0 bridgehead atoms. The molecule has 3 rings (SSSR count). The number of hydrogen-bond acceptors (Lipinski definition) is 4. The Hall–Kier alpha value is -1.79. The third-order valence-electron chi connectivity index (χ3n) is 4.57. The normalized spacial score (nSPS) is 11.0. The van der Waals surface area contributed by atoms with Crippen molar-refractivity contribution in [2.45, 2.75) is 38.2 Å². The number of anilines is 1. The maximum Gasteiger partial charge on any atom is 0.191 e.